The van der Waals surface area contributed by atoms with E-state index < -0.39 is 0 Å². The molecule has 1 rings (SSSR count). The Labute approximate surface area is 109 Å². The predicted molar refractivity (Wildman–Crippen MR) is 73.7 cm³/mol. The van der Waals surface area contributed by atoms with Crippen LogP contribution in [0.2, 0.25) is 0 Å². The summed E-state index contributed by atoms with van der Waals surface area (Å²) in [6.07, 6.45) is 0. The van der Waals surface area contributed by atoms with Crippen molar-refractivity contribution in [2.45, 2.75) is 27.4 Å². The fourth-order valence-electron chi connectivity index (χ4n) is 1.96. The normalized spacial score (nSPS) is 10.2. The molecule has 0 bridgehead atoms. The van der Waals surface area contributed by atoms with Crippen molar-refractivity contribution in [3.05, 3.63) is 29.3 Å². The number of nitrogens with one attached hydrogen (secondary N) is 1. The first-order chi connectivity index (χ1) is 8.62. The zero-order chi connectivity index (χ0) is 13.5. The van der Waals surface area contributed by atoms with Crippen LogP contribution in [-0.4, -0.2) is 30.6 Å². The Morgan fingerprint density at radius 2 is 2.11 bits per heavy atom. The zero-order valence-electron chi connectivity index (χ0n) is 11.4. The van der Waals surface area contributed by atoms with Gasteiger partial charge < -0.3 is 15.3 Å². The molecule has 2 N–H and O–H groups in total. The summed E-state index contributed by atoms with van der Waals surface area (Å²) in [5.74, 6) is 0.0324. The summed E-state index contributed by atoms with van der Waals surface area (Å²) in [4.78, 5) is 13.7. The van der Waals surface area contributed by atoms with E-state index in [1.54, 1.807) is 0 Å². The molecule has 0 unspecified atom stereocenters. The van der Waals surface area contributed by atoms with Gasteiger partial charge in [-0.1, -0.05) is 12.1 Å². The molecule has 0 spiro atoms. The van der Waals surface area contributed by atoms with Crippen molar-refractivity contribution in [3.8, 4) is 0 Å². The van der Waals surface area contributed by atoms with Gasteiger partial charge in [0.1, 0.15) is 0 Å². The van der Waals surface area contributed by atoms with E-state index in [-0.39, 0.29) is 12.5 Å². The van der Waals surface area contributed by atoms with Gasteiger partial charge in [0.25, 0.3) is 0 Å². The Morgan fingerprint density at radius 1 is 1.39 bits per heavy atom. The number of benzene rings is 1. The van der Waals surface area contributed by atoms with Crippen LogP contribution < -0.4 is 10.2 Å². The highest BCUT2D eigenvalue weighted by molar-refractivity contribution is 5.81. The van der Waals surface area contributed by atoms with Crippen molar-refractivity contribution in [1.29, 1.82) is 0 Å². The molecular formula is C14H22N2O2. The van der Waals surface area contributed by atoms with E-state index in [2.05, 4.69) is 5.32 Å². The average molecular weight is 250 g/mol. The van der Waals surface area contributed by atoms with Gasteiger partial charge in [0.15, 0.2) is 0 Å². The third kappa shape index (κ3) is 3.74. The maximum Gasteiger partial charge on any atom is 0.239 e. The van der Waals surface area contributed by atoms with Crippen LogP contribution in [0, 0.1) is 6.92 Å². The Balaban J connectivity index is 2.85. The molecule has 1 aromatic carbocycles. The first-order valence-corrected chi connectivity index (χ1v) is 6.34. The molecule has 0 aliphatic carbocycles. The number of amides is 1. The number of hydrogen-bond acceptors (Lipinski definition) is 3. The number of aryl methyl sites for hydroxylation is 1. The van der Waals surface area contributed by atoms with E-state index in [0.29, 0.717) is 13.1 Å². The van der Waals surface area contributed by atoms with E-state index >= 15 is 0 Å². The molecule has 0 aliphatic heterocycles. The third-order valence-electron chi connectivity index (χ3n) is 2.87. The van der Waals surface area contributed by atoms with E-state index in [1.807, 2.05) is 43.9 Å². The molecule has 0 fully saturated rings. The second-order valence-electron chi connectivity index (χ2n) is 4.25. The summed E-state index contributed by atoms with van der Waals surface area (Å²) in [5, 5.41) is 11.9. The van der Waals surface area contributed by atoms with Crippen molar-refractivity contribution in [1.82, 2.24) is 5.32 Å². The van der Waals surface area contributed by atoms with Crippen LogP contribution in [-0.2, 0) is 11.4 Å². The summed E-state index contributed by atoms with van der Waals surface area (Å²) in [7, 11) is 0. The number of carbonyl (C=O) groups is 1. The van der Waals surface area contributed by atoms with Gasteiger partial charge in [-0.3, -0.25) is 4.79 Å². The standard InChI is InChI=1S/C14H22N2O2/c1-4-15-14(18)9-16(5-2)13-7-6-12(10-17)8-11(13)3/h6-8,17H,4-5,9-10H2,1-3H3,(H,15,18). The molecule has 0 aromatic heterocycles. The lowest BCUT2D eigenvalue weighted by atomic mass is 10.1. The number of hydrogen-bond donors (Lipinski definition) is 2. The Kier molecular flexibility index (Phi) is 5.65. The molecular weight excluding hydrogens is 228 g/mol. The molecule has 100 valence electrons. The largest absolute Gasteiger partial charge is 0.392 e. The molecule has 0 saturated heterocycles. The van der Waals surface area contributed by atoms with E-state index in [9.17, 15) is 4.79 Å². The Hall–Kier alpha value is -1.55. The summed E-state index contributed by atoms with van der Waals surface area (Å²) in [5.41, 5.74) is 3.01. The summed E-state index contributed by atoms with van der Waals surface area (Å²) in [6, 6.07) is 5.81. The molecule has 0 saturated carbocycles. The minimum atomic E-state index is 0.0324. The molecule has 18 heavy (non-hydrogen) atoms. The monoisotopic (exact) mass is 250 g/mol. The number of rotatable bonds is 6. The van der Waals surface area contributed by atoms with Gasteiger partial charge >= 0.3 is 0 Å². The smallest absolute Gasteiger partial charge is 0.239 e. The number of nitrogens with zero attached hydrogens (tertiary/aromatic N) is 1. The minimum Gasteiger partial charge on any atom is -0.392 e. The van der Waals surface area contributed by atoms with E-state index in [0.717, 1.165) is 23.4 Å². The van der Waals surface area contributed by atoms with Crippen molar-refractivity contribution >= 4 is 11.6 Å². The van der Waals surface area contributed by atoms with Crippen molar-refractivity contribution < 1.29 is 9.90 Å². The number of anilines is 1. The SMILES string of the molecule is CCNC(=O)CN(CC)c1ccc(CO)cc1C. The molecule has 4 nitrogen and oxygen atoms in total. The highest BCUT2D eigenvalue weighted by atomic mass is 16.3. The fourth-order valence-corrected chi connectivity index (χ4v) is 1.96. The molecule has 0 aliphatic rings. The highest BCUT2D eigenvalue weighted by Gasteiger charge is 2.11. The predicted octanol–water partition coefficient (Wildman–Crippen LogP) is 1.45. The quantitative estimate of drug-likeness (QED) is 0.803. The van der Waals surface area contributed by atoms with Crippen LogP contribution in [0.25, 0.3) is 0 Å². The molecule has 1 amide bonds. The average Bonchev–Trinajstić information content (AvgIpc) is 2.36. The topological polar surface area (TPSA) is 52.6 Å². The van der Waals surface area contributed by atoms with E-state index in [4.69, 9.17) is 5.11 Å². The van der Waals surface area contributed by atoms with Crippen LogP contribution >= 0.6 is 0 Å². The lowest BCUT2D eigenvalue weighted by molar-refractivity contribution is -0.119. The van der Waals surface area contributed by atoms with E-state index in [1.165, 1.54) is 0 Å². The van der Waals surface area contributed by atoms with Crippen LogP contribution in [0.5, 0.6) is 0 Å². The molecule has 0 radical (unpaired) electrons. The van der Waals surface area contributed by atoms with Crippen LogP contribution in [0.15, 0.2) is 18.2 Å². The van der Waals surface area contributed by atoms with Crippen molar-refractivity contribution in [3.63, 3.8) is 0 Å². The third-order valence-corrected chi connectivity index (χ3v) is 2.87. The van der Waals surface area contributed by atoms with Crippen LogP contribution in [0.1, 0.15) is 25.0 Å². The number of carbonyl (C=O) groups excluding carboxylic acids is 1. The maximum absolute atomic E-state index is 11.6. The fraction of sp³-hybridized carbons (Fsp3) is 0.500. The minimum absolute atomic E-state index is 0.0324. The van der Waals surface area contributed by atoms with Gasteiger partial charge in [-0.15, -0.1) is 0 Å². The first-order valence-electron chi connectivity index (χ1n) is 6.34. The molecule has 1 aromatic rings. The maximum atomic E-state index is 11.6. The zero-order valence-corrected chi connectivity index (χ0v) is 11.4. The molecule has 0 atom stereocenters. The lowest BCUT2D eigenvalue weighted by Crippen LogP contribution is -2.37. The van der Waals surface area contributed by atoms with Gasteiger partial charge in [0.05, 0.1) is 13.2 Å². The van der Waals surface area contributed by atoms with Gasteiger partial charge in [-0.2, -0.15) is 0 Å². The second-order valence-corrected chi connectivity index (χ2v) is 4.25. The van der Waals surface area contributed by atoms with Gasteiger partial charge in [-0.25, -0.2) is 0 Å². The van der Waals surface area contributed by atoms with Crippen LogP contribution in [0.3, 0.4) is 0 Å². The Morgan fingerprint density at radius 3 is 2.61 bits per heavy atom. The van der Waals surface area contributed by atoms with Gasteiger partial charge in [-0.05, 0) is 38.0 Å². The van der Waals surface area contributed by atoms with Crippen molar-refractivity contribution in [2.24, 2.45) is 0 Å². The molecule has 4 heteroatoms. The van der Waals surface area contributed by atoms with Gasteiger partial charge in [0, 0.05) is 18.8 Å². The first kappa shape index (κ1) is 14.5. The molecule has 0 heterocycles. The number of aliphatic hydroxyl groups excluding tert-OH is 1. The van der Waals surface area contributed by atoms with Crippen LogP contribution in [0.4, 0.5) is 5.69 Å². The number of aliphatic hydroxyl groups is 1. The van der Waals surface area contributed by atoms with Crippen molar-refractivity contribution in [2.75, 3.05) is 24.5 Å². The summed E-state index contributed by atoms with van der Waals surface area (Å²) in [6.45, 7) is 7.77. The summed E-state index contributed by atoms with van der Waals surface area (Å²) < 4.78 is 0. The second kappa shape index (κ2) is 7.01. The Bertz CT molecular complexity index is 405. The number of likely N-dealkylation sites (N-methyl/N-ethyl adjacent to an activating group) is 2. The summed E-state index contributed by atoms with van der Waals surface area (Å²) >= 11 is 0. The van der Waals surface area contributed by atoms with Gasteiger partial charge in [0.2, 0.25) is 5.91 Å². The lowest BCUT2D eigenvalue weighted by Gasteiger charge is -2.24. The highest BCUT2D eigenvalue weighted by Crippen LogP contribution is 2.21.